The van der Waals surface area contributed by atoms with Crippen molar-refractivity contribution < 1.29 is 9.47 Å². The van der Waals surface area contributed by atoms with E-state index < -0.39 is 0 Å². The van der Waals surface area contributed by atoms with E-state index in [1.165, 1.54) is 12.8 Å². The third kappa shape index (κ3) is 4.07. The molecule has 0 saturated heterocycles. The highest BCUT2D eigenvalue weighted by molar-refractivity contribution is 4.83. The minimum Gasteiger partial charge on any atom is -0.382 e. The predicted octanol–water partition coefficient (Wildman–Crippen LogP) is 1.04. The van der Waals surface area contributed by atoms with Crippen molar-refractivity contribution in [3.63, 3.8) is 0 Å². The van der Waals surface area contributed by atoms with E-state index in [0.717, 1.165) is 12.5 Å². The topological polar surface area (TPSA) is 30.5 Å². The van der Waals surface area contributed by atoms with Crippen LogP contribution in [0.2, 0.25) is 0 Å². The van der Waals surface area contributed by atoms with E-state index in [9.17, 15) is 0 Å². The molecule has 1 aliphatic rings. The van der Waals surface area contributed by atoms with Crippen LogP contribution >= 0.6 is 0 Å². The van der Waals surface area contributed by atoms with Gasteiger partial charge in [-0.1, -0.05) is 0 Å². The minimum absolute atomic E-state index is 0.186. The number of nitrogens with one attached hydrogen (secondary N) is 1. The second kappa shape index (κ2) is 5.58. The molecular weight excluding hydrogens is 166 g/mol. The smallest absolute Gasteiger partial charge is 0.0928 e. The van der Waals surface area contributed by atoms with Gasteiger partial charge < -0.3 is 14.8 Å². The third-order valence-electron chi connectivity index (χ3n) is 2.68. The molecule has 0 radical (unpaired) electrons. The number of hydrogen-bond donors (Lipinski definition) is 1. The molecule has 1 rings (SSSR count). The summed E-state index contributed by atoms with van der Waals surface area (Å²) in [6.45, 7) is 3.81. The Morgan fingerprint density at radius 2 is 2.08 bits per heavy atom. The van der Waals surface area contributed by atoms with Gasteiger partial charge in [0.25, 0.3) is 0 Å². The fraction of sp³-hybridized carbons (Fsp3) is 1.00. The average molecular weight is 187 g/mol. The summed E-state index contributed by atoms with van der Waals surface area (Å²) < 4.78 is 10.3. The highest BCUT2D eigenvalue weighted by Crippen LogP contribution is 2.32. The Morgan fingerprint density at radius 3 is 2.54 bits per heavy atom. The zero-order valence-corrected chi connectivity index (χ0v) is 8.88. The summed E-state index contributed by atoms with van der Waals surface area (Å²) in [5, 5.41) is 3.48. The van der Waals surface area contributed by atoms with Crippen molar-refractivity contribution in [2.75, 3.05) is 27.4 Å². The van der Waals surface area contributed by atoms with Gasteiger partial charge in [0.05, 0.1) is 12.7 Å². The maximum absolute atomic E-state index is 5.25. The molecule has 78 valence electrons. The Bertz CT molecular complexity index is 137. The van der Waals surface area contributed by atoms with Gasteiger partial charge in [0.1, 0.15) is 0 Å². The van der Waals surface area contributed by atoms with Crippen molar-refractivity contribution >= 4 is 0 Å². The van der Waals surface area contributed by atoms with Gasteiger partial charge in [-0.15, -0.1) is 0 Å². The number of ether oxygens (including phenoxy) is 2. The van der Waals surface area contributed by atoms with Crippen molar-refractivity contribution in [2.24, 2.45) is 5.92 Å². The average Bonchev–Trinajstić information content (AvgIpc) is 2.94. The van der Waals surface area contributed by atoms with Gasteiger partial charge in [0, 0.05) is 26.8 Å². The fourth-order valence-electron chi connectivity index (χ4n) is 1.48. The van der Waals surface area contributed by atoms with Crippen molar-refractivity contribution in [1.82, 2.24) is 5.32 Å². The Kier molecular flexibility index (Phi) is 4.70. The summed E-state index contributed by atoms with van der Waals surface area (Å²) in [6.07, 6.45) is 2.96. The van der Waals surface area contributed by atoms with Gasteiger partial charge >= 0.3 is 0 Å². The highest BCUT2D eigenvalue weighted by Gasteiger charge is 2.27. The Hall–Kier alpha value is -0.120. The maximum Gasteiger partial charge on any atom is 0.0928 e. The summed E-state index contributed by atoms with van der Waals surface area (Å²) in [4.78, 5) is 0. The highest BCUT2D eigenvalue weighted by atomic mass is 16.5. The first-order valence-corrected chi connectivity index (χ1v) is 5.03. The quantitative estimate of drug-likeness (QED) is 0.646. The van der Waals surface area contributed by atoms with E-state index in [0.29, 0.717) is 12.6 Å². The molecule has 0 aromatic carbocycles. The van der Waals surface area contributed by atoms with Crippen LogP contribution in [0.5, 0.6) is 0 Å². The first kappa shape index (κ1) is 11.0. The molecule has 3 heteroatoms. The zero-order chi connectivity index (χ0) is 9.68. The lowest BCUT2D eigenvalue weighted by Gasteiger charge is -2.18. The number of hydrogen-bond acceptors (Lipinski definition) is 3. The van der Waals surface area contributed by atoms with Crippen molar-refractivity contribution in [1.29, 1.82) is 0 Å². The number of methoxy groups -OCH3 is 2. The molecule has 13 heavy (non-hydrogen) atoms. The Labute approximate surface area is 80.8 Å². The molecule has 0 amide bonds. The van der Waals surface area contributed by atoms with Crippen molar-refractivity contribution in [3.8, 4) is 0 Å². The van der Waals surface area contributed by atoms with E-state index in [2.05, 4.69) is 12.2 Å². The lowest BCUT2D eigenvalue weighted by Crippen LogP contribution is -2.37. The van der Waals surface area contributed by atoms with Gasteiger partial charge in [-0.25, -0.2) is 0 Å². The Balaban J connectivity index is 2.06. The monoisotopic (exact) mass is 187 g/mol. The van der Waals surface area contributed by atoms with Crippen LogP contribution < -0.4 is 5.32 Å². The van der Waals surface area contributed by atoms with Crippen LogP contribution in [0.3, 0.4) is 0 Å². The summed E-state index contributed by atoms with van der Waals surface area (Å²) in [5.74, 6) is 0.903. The van der Waals surface area contributed by atoms with E-state index in [-0.39, 0.29) is 6.10 Å². The second-order valence-corrected chi connectivity index (χ2v) is 3.85. The van der Waals surface area contributed by atoms with Crippen LogP contribution in [0.15, 0.2) is 0 Å². The van der Waals surface area contributed by atoms with Gasteiger partial charge in [0.15, 0.2) is 0 Å². The molecular formula is C10H21NO2. The van der Waals surface area contributed by atoms with E-state index in [1.54, 1.807) is 14.2 Å². The van der Waals surface area contributed by atoms with Crippen LogP contribution in [0.25, 0.3) is 0 Å². The van der Waals surface area contributed by atoms with Gasteiger partial charge in [-0.05, 0) is 25.7 Å². The normalized spacial score (nSPS) is 21.5. The molecule has 2 unspecified atom stereocenters. The van der Waals surface area contributed by atoms with Crippen molar-refractivity contribution in [2.45, 2.75) is 31.9 Å². The second-order valence-electron chi connectivity index (χ2n) is 3.85. The molecule has 0 aromatic rings. The van der Waals surface area contributed by atoms with Gasteiger partial charge in [-0.3, -0.25) is 0 Å². The molecule has 2 atom stereocenters. The van der Waals surface area contributed by atoms with Crippen LogP contribution in [0, 0.1) is 5.92 Å². The third-order valence-corrected chi connectivity index (χ3v) is 2.68. The number of rotatable bonds is 7. The van der Waals surface area contributed by atoms with E-state index in [4.69, 9.17) is 9.47 Å². The van der Waals surface area contributed by atoms with Crippen molar-refractivity contribution in [3.05, 3.63) is 0 Å². The first-order chi connectivity index (χ1) is 6.27. The lowest BCUT2D eigenvalue weighted by atomic mass is 10.2. The summed E-state index contributed by atoms with van der Waals surface area (Å²) in [7, 11) is 3.43. The maximum atomic E-state index is 5.25. The molecule has 0 spiro atoms. The molecule has 1 saturated carbocycles. The SMILES string of the molecule is COCC(CNC(C)C1CC1)OC. The molecule has 1 N–H and O–H groups in total. The van der Waals surface area contributed by atoms with E-state index in [1.807, 2.05) is 0 Å². The van der Waals surface area contributed by atoms with E-state index >= 15 is 0 Å². The summed E-state index contributed by atoms with van der Waals surface area (Å²) in [6, 6.07) is 0.634. The van der Waals surface area contributed by atoms with Gasteiger partial charge in [0.2, 0.25) is 0 Å². The van der Waals surface area contributed by atoms with Crippen LogP contribution in [0.1, 0.15) is 19.8 Å². The van der Waals surface area contributed by atoms with Crippen LogP contribution in [-0.4, -0.2) is 39.5 Å². The summed E-state index contributed by atoms with van der Waals surface area (Å²) >= 11 is 0. The molecule has 0 aromatic heterocycles. The standard InChI is InChI=1S/C10H21NO2/c1-8(9-4-5-9)11-6-10(13-3)7-12-2/h8-11H,4-7H2,1-3H3. The van der Waals surface area contributed by atoms with Crippen LogP contribution in [0.4, 0.5) is 0 Å². The minimum atomic E-state index is 0.186. The predicted molar refractivity (Wildman–Crippen MR) is 52.9 cm³/mol. The fourth-order valence-corrected chi connectivity index (χ4v) is 1.48. The molecule has 0 aliphatic heterocycles. The largest absolute Gasteiger partial charge is 0.382 e. The zero-order valence-electron chi connectivity index (χ0n) is 8.88. The molecule has 3 nitrogen and oxygen atoms in total. The first-order valence-electron chi connectivity index (χ1n) is 5.03. The summed E-state index contributed by atoms with van der Waals surface area (Å²) in [5.41, 5.74) is 0. The molecule has 1 fully saturated rings. The van der Waals surface area contributed by atoms with Crippen LogP contribution in [-0.2, 0) is 9.47 Å². The molecule has 0 heterocycles. The molecule has 0 bridgehead atoms. The Morgan fingerprint density at radius 1 is 1.38 bits per heavy atom. The lowest BCUT2D eigenvalue weighted by molar-refractivity contribution is 0.0273. The van der Waals surface area contributed by atoms with Gasteiger partial charge in [-0.2, -0.15) is 0 Å². The molecule has 1 aliphatic carbocycles.